The normalized spacial score (nSPS) is 12.9. The van der Waals surface area contributed by atoms with Crippen molar-refractivity contribution in [1.29, 1.82) is 0 Å². The van der Waals surface area contributed by atoms with Crippen LogP contribution >= 0.6 is 34.8 Å². The van der Waals surface area contributed by atoms with E-state index in [4.69, 9.17) is 39.6 Å². The maximum absolute atomic E-state index is 13.2. The topological polar surface area (TPSA) is 56.6 Å². The van der Waals surface area contributed by atoms with Gasteiger partial charge in [0.25, 0.3) is 12.3 Å². The van der Waals surface area contributed by atoms with Crippen LogP contribution in [0.4, 0.5) is 22.0 Å². The summed E-state index contributed by atoms with van der Waals surface area (Å²) in [5, 5.41) is 3.24. The Morgan fingerprint density at radius 3 is 2.39 bits per heavy atom. The van der Waals surface area contributed by atoms with Crippen LogP contribution in [0.1, 0.15) is 35.0 Å². The molecule has 0 aliphatic rings. The number of rotatable bonds is 7. The van der Waals surface area contributed by atoms with Crippen LogP contribution in [0.2, 0.25) is 15.1 Å². The zero-order chi connectivity index (χ0) is 23.7. The number of hydroxylamine groups is 2. The number of ether oxygens (including phenoxy) is 1. The number of hydrogen-bond acceptors (Lipinski definition) is 4. The molecule has 0 N–H and O–H groups in total. The van der Waals surface area contributed by atoms with E-state index in [1.54, 1.807) is 0 Å². The summed E-state index contributed by atoms with van der Waals surface area (Å²) in [4.78, 5) is 17.8. The monoisotopic (exact) mass is 509 g/mol. The fraction of sp³-hybridized carbons (Fsp3) is 0.412. The first-order chi connectivity index (χ1) is 14.3. The minimum absolute atomic E-state index is 0.0189. The summed E-state index contributed by atoms with van der Waals surface area (Å²) in [6.45, 7) is 1.45. The minimum atomic E-state index is -5.06. The van der Waals surface area contributed by atoms with Crippen molar-refractivity contribution >= 4 is 40.7 Å². The number of halogens is 8. The lowest BCUT2D eigenvalue weighted by atomic mass is 10.1. The first-order valence-corrected chi connectivity index (χ1v) is 9.51. The maximum atomic E-state index is 13.2. The largest absolute Gasteiger partial charge is 0.573 e. The zero-order valence-corrected chi connectivity index (χ0v) is 18.4. The second kappa shape index (κ2) is 9.76. The van der Waals surface area contributed by atoms with Gasteiger partial charge >= 0.3 is 6.36 Å². The molecule has 2 rings (SSSR count). The van der Waals surface area contributed by atoms with Crippen molar-refractivity contribution in [2.75, 3.05) is 7.11 Å². The fourth-order valence-electron chi connectivity index (χ4n) is 2.80. The van der Waals surface area contributed by atoms with Crippen molar-refractivity contribution in [3.63, 3.8) is 0 Å². The van der Waals surface area contributed by atoms with Gasteiger partial charge in [0, 0.05) is 18.3 Å². The van der Waals surface area contributed by atoms with E-state index in [1.165, 1.54) is 14.0 Å². The summed E-state index contributed by atoms with van der Waals surface area (Å²) in [7, 11) is 2.48. The van der Waals surface area contributed by atoms with E-state index >= 15 is 0 Å². The van der Waals surface area contributed by atoms with E-state index in [9.17, 15) is 26.7 Å². The molecule has 1 aromatic heterocycles. The molecule has 6 nitrogen and oxygen atoms in total. The number of amides is 1. The Hall–Kier alpha value is -1.82. The third kappa shape index (κ3) is 5.91. The molecule has 14 heteroatoms. The van der Waals surface area contributed by atoms with Gasteiger partial charge in [-0.2, -0.15) is 5.10 Å². The van der Waals surface area contributed by atoms with Gasteiger partial charge in [0.1, 0.15) is 5.69 Å². The highest BCUT2D eigenvalue weighted by Crippen LogP contribution is 2.43. The van der Waals surface area contributed by atoms with Crippen LogP contribution in [-0.4, -0.2) is 40.3 Å². The van der Waals surface area contributed by atoms with Crippen LogP contribution in [0.15, 0.2) is 12.3 Å². The number of alkyl halides is 5. The van der Waals surface area contributed by atoms with Gasteiger partial charge in [-0.3, -0.25) is 14.3 Å². The Kier molecular flexibility index (Phi) is 8.01. The number of benzene rings is 1. The highest BCUT2D eigenvalue weighted by atomic mass is 35.5. The van der Waals surface area contributed by atoms with E-state index in [2.05, 4.69) is 9.84 Å². The predicted octanol–water partition coefficient (Wildman–Crippen LogP) is 5.85. The predicted molar refractivity (Wildman–Crippen MR) is 103 cm³/mol. The van der Waals surface area contributed by atoms with E-state index in [1.807, 2.05) is 0 Å². The molecule has 0 saturated carbocycles. The third-order valence-corrected chi connectivity index (χ3v) is 5.05. The first-order valence-electron chi connectivity index (χ1n) is 8.38. The molecular weight excluding hydrogens is 496 g/mol. The molecule has 2 aromatic rings. The number of aryl methyl sites for hydroxylation is 1. The van der Waals surface area contributed by atoms with Crippen LogP contribution in [-0.2, 0) is 18.3 Å². The zero-order valence-electron chi connectivity index (χ0n) is 16.1. The van der Waals surface area contributed by atoms with Gasteiger partial charge in [-0.1, -0.05) is 34.8 Å². The van der Waals surface area contributed by atoms with Gasteiger partial charge in [0.05, 0.1) is 28.8 Å². The van der Waals surface area contributed by atoms with E-state index in [0.29, 0.717) is 0 Å². The lowest BCUT2D eigenvalue weighted by molar-refractivity contribution is -0.274. The van der Waals surface area contributed by atoms with Gasteiger partial charge in [-0.25, -0.2) is 13.8 Å². The summed E-state index contributed by atoms with van der Waals surface area (Å²) >= 11 is 17.9. The highest BCUT2D eigenvalue weighted by molar-refractivity contribution is 6.41. The molecule has 1 unspecified atom stereocenters. The number of nitrogens with zero attached hydrogens (tertiary/aromatic N) is 3. The van der Waals surface area contributed by atoms with Crippen LogP contribution in [0.25, 0.3) is 0 Å². The van der Waals surface area contributed by atoms with Crippen LogP contribution in [0, 0.1) is 0 Å². The average Bonchev–Trinajstić information content (AvgIpc) is 3.04. The summed E-state index contributed by atoms with van der Waals surface area (Å²) in [6.07, 6.45) is -7.20. The lowest BCUT2D eigenvalue weighted by Gasteiger charge is -2.27. The van der Waals surface area contributed by atoms with Crippen molar-refractivity contribution in [1.82, 2.24) is 14.8 Å². The Morgan fingerprint density at radius 1 is 1.26 bits per heavy atom. The standard InChI is InChI=1S/C17H15Cl3F5N3O3/c1-7(28(30-3)16(29)9-6-27(2)26-13(9)15(21)22)4-8-10(18)5-11(19)14(12(8)20)31-17(23,24)25/h5-7,15H,4H2,1-3H3. The Labute approximate surface area is 188 Å². The summed E-state index contributed by atoms with van der Waals surface area (Å²) < 4.78 is 69.3. The van der Waals surface area contributed by atoms with Gasteiger partial charge in [-0.15, -0.1) is 13.2 Å². The van der Waals surface area contributed by atoms with E-state index in [0.717, 1.165) is 29.1 Å². The minimum Gasteiger partial charge on any atom is -0.403 e. The second-order valence-corrected chi connectivity index (χ2v) is 7.47. The molecule has 172 valence electrons. The van der Waals surface area contributed by atoms with Crippen LogP contribution < -0.4 is 4.74 Å². The first kappa shape index (κ1) is 25.4. The van der Waals surface area contributed by atoms with E-state index < -0.39 is 51.8 Å². The SMILES string of the molecule is CON(C(=O)c1cn(C)nc1C(F)F)C(C)Cc1c(Cl)cc(Cl)c(OC(F)(F)F)c1Cl. The van der Waals surface area contributed by atoms with Crippen LogP contribution in [0.3, 0.4) is 0 Å². The maximum Gasteiger partial charge on any atom is 0.573 e. The molecule has 0 aliphatic heterocycles. The number of carbonyl (C=O) groups excluding carboxylic acids is 1. The number of aromatic nitrogens is 2. The third-order valence-electron chi connectivity index (χ3n) is 4.03. The van der Waals surface area contributed by atoms with Crippen molar-refractivity contribution < 1.29 is 36.3 Å². The Balaban J connectivity index is 2.38. The molecule has 31 heavy (non-hydrogen) atoms. The van der Waals surface area contributed by atoms with Gasteiger partial charge in [0.15, 0.2) is 5.75 Å². The van der Waals surface area contributed by atoms with Crippen molar-refractivity contribution in [2.45, 2.75) is 32.2 Å². The van der Waals surface area contributed by atoms with Gasteiger partial charge in [-0.05, 0) is 25.0 Å². The fourth-order valence-corrected chi connectivity index (χ4v) is 3.79. The highest BCUT2D eigenvalue weighted by Gasteiger charge is 2.35. The summed E-state index contributed by atoms with van der Waals surface area (Å²) in [5.74, 6) is -1.80. The smallest absolute Gasteiger partial charge is 0.403 e. The summed E-state index contributed by atoms with van der Waals surface area (Å²) in [5.41, 5.74) is -1.17. The number of hydrogen-bond donors (Lipinski definition) is 0. The van der Waals surface area contributed by atoms with Crippen LogP contribution in [0.5, 0.6) is 5.75 Å². The molecule has 0 spiro atoms. The molecule has 0 saturated heterocycles. The van der Waals surface area contributed by atoms with Gasteiger partial charge in [0.2, 0.25) is 0 Å². The van der Waals surface area contributed by atoms with Crippen molar-refractivity contribution in [2.24, 2.45) is 7.05 Å². The Bertz CT molecular complexity index is 969. The molecule has 0 bridgehead atoms. The lowest BCUT2D eigenvalue weighted by Crippen LogP contribution is -2.39. The molecule has 1 amide bonds. The molecular formula is C17H15Cl3F5N3O3. The molecule has 1 heterocycles. The molecule has 0 radical (unpaired) electrons. The number of carbonyl (C=O) groups is 1. The molecule has 1 atom stereocenters. The van der Waals surface area contributed by atoms with Crippen molar-refractivity contribution in [3.8, 4) is 5.75 Å². The average molecular weight is 511 g/mol. The Morgan fingerprint density at radius 2 is 1.87 bits per heavy atom. The van der Waals surface area contributed by atoms with Crippen molar-refractivity contribution in [3.05, 3.63) is 44.2 Å². The van der Waals surface area contributed by atoms with E-state index in [-0.39, 0.29) is 17.0 Å². The summed E-state index contributed by atoms with van der Waals surface area (Å²) in [6, 6.07) is 0.103. The second-order valence-electron chi connectivity index (χ2n) is 6.28. The molecule has 0 fully saturated rings. The van der Waals surface area contributed by atoms with Gasteiger partial charge < -0.3 is 4.74 Å². The molecule has 1 aromatic carbocycles. The quantitative estimate of drug-likeness (QED) is 0.346. The molecule has 0 aliphatic carbocycles.